The maximum absolute atomic E-state index is 14.5. The van der Waals surface area contributed by atoms with E-state index in [1.807, 2.05) is 0 Å². The second-order valence-corrected chi connectivity index (χ2v) is 6.69. The Morgan fingerprint density at radius 2 is 1.90 bits per heavy atom. The first-order valence-corrected chi connectivity index (χ1v) is 9.35. The molecule has 2 aromatic carbocycles. The van der Waals surface area contributed by atoms with Crippen molar-refractivity contribution in [3.63, 3.8) is 0 Å². The minimum atomic E-state index is -0.906. The van der Waals surface area contributed by atoms with E-state index in [0.717, 1.165) is 12.1 Å². The van der Waals surface area contributed by atoms with Crippen LogP contribution in [0.5, 0.6) is 5.75 Å². The summed E-state index contributed by atoms with van der Waals surface area (Å²) < 4.78 is 38.2. The van der Waals surface area contributed by atoms with Crippen LogP contribution >= 0.6 is 12.2 Å². The van der Waals surface area contributed by atoms with Gasteiger partial charge in [-0.25, -0.2) is 13.6 Å². The normalized spacial score (nSPS) is 16.5. The number of nitrogens with zero attached hydrogens (tertiary/aromatic N) is 1. The van der Waals surface area contributed by atoms with Crippen LogP contribution in [0.2, 0.25) is 0 Å². The standard InChI is InChI=1S/C21H20F2N2O3S/c1-4-28-20(26)18-12(2)25(14-6-8-15(27-3)9-7-14)21(29)24-19(18)16-10-5-13(22)11-17(16)23/h5-11,19H,4H2,1-3H3,(H,24,29)/t19-/m1/s1. The summed E-state index contributed by atoms with van der Waals surface area (Å²) in [5.41, 5.74) is 1.49. The molecule has 0 spiro atoms. The topological polar surface area (TPSA) is 50.8 Å². The van der Waals surface area contributed by atoms with E-state index < -0.39 is 23.6 Å². The van der Waals surface area contributed by atoms with Crippen molar-refractivity contribution in [3.05, 3.63) is 70.9 Å². The maximum atomic E-state index is 14.5. The third-order valence-corrected chi connectivity index (χ3v) is 4.88. The van der Waals surface area contributed by atoms with Crippen molar-refractivity contribution >= 4 is 29.0 Å². The quantitative estimate of drug-likeness (QED) is 0.579. The molecule has 0 saturated carbocycles. The molecule has 0 radical (unpaired) electrons. The summed E-state index contributed by atoms with van der Waals surface area (Å²) in [6, 6.07) is 9.40. The van der Waals surface area contributed by atoms with Gasteiger partial charge in [0.05, 0.1) is 25.3 Å². The number of nitrogens with one attached hydrogen (secondary N) is 1. The van der Waals surface area contributed by atoms with Gasteiger partial charge in [-0.2, -0.15) is 0 Å². The molecule has 2 aromatic rings. The molecule has 1 aliphatic rings. The van der Waals surface area contributed by atoms with Crippen molar-refractivity contribution in [2.24, 2.45) is 0 Å². The number of rotatable bonds is 5. The summed E-state index contributed by atoms with van der Waals surface area (Å²) in [7, 11) is 1.56. The fourth-order valence-electron chi connectivity index (χ4n) is 3.23. The van der Waals surface area contributed by atoms with E-state index in [-0.39, 0.29) is 22.9 Å². The highest BCUT2D eigenvalue weighted by Crippen LogP contribution is 2.35. The van der Waals surface area contributed by atoms with Gasteiger partial charge in [0, 0.05) is 23.0 Å². The van der Waals surface area contributed by atoms with Gasteiger partial charge in [0.15, 0.2) is 5.11 Å². The van der Waals surface area contributed by atoms with E-state index in [0.29, 0.717) is 17.1 Å². The highest BCUT2D eigenvalue weighted by Gasteiger charge is 2.36. The number of anilines is 1. The zero-order chi connectivity index (χ0) is 21.1. The minimum Gasteiger partial charge on any atom is -0.497 e. The molecule has 0 bridgehead atoms. The Bertz CT molecular complexity index is 976. The van der Waals surface area contributed by atoms with Crippen molar-refractivity contribution in [1.29, 1.82) is 0 Å². The molecule has 0 fully saturated rings. The van der Waals surface area contributed by atoms with Crippen LogP contribution in [0.4, 0.5) is 14.5 Å². The van der Waals surface area contributed by atoms with Gasteiger partial charge in [-0.3, -0.25) is 4.90 Å². The zero-order valence-electron chi connectivity index (χ0n) is 16.2. The predicted octanol–water partition coefficient (Wildman–Crippen LogP) is 4.25. The van der Waals surface area contributed by atoms with Gasteiger partial charge < -0.3 is 14.8 Å². The Balaban J connectivity index is 2.13. The van der Waals surface area contributed by atoms with E-state index in [1.165, 1.54) is 6.07 Å². The van der Waals surface area contributed by atoms with E-state index in [2.05, 4.69) is 5.32 Å². The highest BCUT2D eigenvalue weighted by molar-refractivity contribution is 7.80. The number of hydrogen-bond acceptors (Lipinski definition) is 4. The number of thiocarbonyl (C=S) groups is 1. The van der Waals surface area contributed by atoms with Crippen molar-refractivity contribution in [1.82, 2.24) is 5.32 Å². The Labute approximate surface area is 172 Å². The third-order valence-electron chi connectivity index (χ3n) is 4.58. The average Bonchev–Trinajstić information content (AvgIpc) is 2.68. The summed E-state index contributed by atoms with van der Waals surface area (Å²) in [6.07, 6.45) is 0. The van der Waals surface area contributed by atoms with E-state index >= 15 is 0 Å². The van der Waals surface area contributed by atoms with Gasteiger partial charge >= 0.3 is 5.97 Å². The molecule has 1 heterocycles. The third kappa shape index (κ3) is 4.07. The molecular formula is C21H20F2N2O3S. The van der Waals surface area contributed by atoms with Crippen molar-refractivity contribution in [3.8, 4) is 5.75 Å². The summed E-state index contributed by atoms with van der Waals surface area (Å²) >= 11 is 5.50. The van der Waals surface area contributed by atoms with Gasteiger partial charge in [-0.05, 0) is 56.4 Å². The van der Waals surface area contributed by atoms with Crippen LogP contribution in [0, 0.1) is 11.6 Å². The monoisotopic (exact) mass is 418 g/mol. The van der Waals surface area contributed by atoms with Gasteiger partial charge in [0.25, 0.3) is 0 Å². The zero-order valence-corrected chi connectivity index (χ0v) is 17.0. The molecule has 29 heavy (non-hydrogen) atoms. The van der Waals surface area contributed by atoms with Gasteiger partial charge in [-0.1, -0.05) is 6.07 Å². The minimum absolute atomic E-state index is 0.102. The van der Waals surface area contributed by atoms with Crippen LogP contribution in [0.25, 0.3) is 0 Å². The molecule has 1 N–H and O–H groups in total. The van der Waals surface area contributed by atoms with Crippen molar-refractivity contribution < 1.29 is 23.0 Å². The van der Waals surface area contributed by atoms with Crippen molar-refractivity contribution in [2.45, 2.75) is 19.9 Å². The van der Waals surface area contributed by atoms with E-state index in [9.17, 15) is 13.6 Å². The Morgan fingerprint density at radius 1 is 1.21 bits per heavy atom. The summed E-state index contributed by atoms with van der Waals surface area (Å²) in [5.74, 6) is -1.42. The molecule has 5 nitrogen and oxygen atoms in total. The smallest absolute Gasteiger partial charge is 0.338 e. The summed E-state index contributed by atoms with van der Waals surface area (Å²) in [5, 5.41) is 3.27. The predicted molar refractivity (Wildman–Crippen MR) is 110 cm³/mol. The number of allylic oxidation sites excluding steroid dienone is 1. The van der Waals surface area contributed by atoms with E-state index in [1.54, 1.807) is 50.1 Å². The fraction of sp³-hybridized carbons (Fsp3) is 0.238. The van der Waals surface area contributed by atoms with Crippen LogP contribution in [-0.2, 0) is 9.53 Å². The number of carbonyl (C=O) groups excluding carboxylic acids is 1. The van der Waals surface area contributed by atoms with Crippen LogP contribution < -0.4 is 15.0 Å². The van der Waals surface area contributed by atoms with Crippen LogP contribution in [0.1, 0.15) is 25.5 Å². The Morgan fingerprint density at radius 3 is 2.48 bits per heavy atom. The number of carbonyl (C=O) groups is 1. The van der Waals surface area contributed by atoms with Gasteiger partial charge in [0.2, 0.25) is 0 Å². The van der Waals surface area contributed by atoms with Crippen LogP contribution in [0.3, 0.4) is 0 Å². The first kappa shape index (κ1) is 20.7. The first-order chi connectivity index (χ1) is 13.9. The molecule has 0 saturated heterocycles. The second-order valence-electron chi connectivity index (χ2n) is 6.30. The molecule has 3 rings (SSSR count). The molecule has 8 heteroatoms. The Kier molecular flexibility index (Phi) is 6.12. The molecule has 0 aromatic heterocycles. The van der Waals surface area contributed by atoms with Crippen LogP contribution in [0.15, 0.2) is 53.7 Å². The van der Waals surface area contributed by atoms with Crippen molar-refractivity contribution in [2.75, 3.05) is 18.6 Å². The molecule has 0 amide bonds. The Hall–Kier alpha value is -3.00. The number of methoxy groups -OCH3 is 1. The maximum Gasteiger partial charge on any atom is 0.338 e. The highest BCUT2D eigenvalue weighted by atomic mass is 32.1. The first-order valence-electron chi connectivity index (χ1n) is 8.94. The molecule has 152 valence electrons. The molecular weight excluding hydrogens is 398 g/mol. The van der Waals surface area contributed by atoms with E-state index in [4.69, 9.17) is 21.7 Å². The fourth-order valence-corrected chi connectivity index (χ4v) is 3.59. The molecule has 1 atom stereocenters. The number of hydrogen-bond donors (Lipinski definition) is 1. The lowest BCUT2D eigenvalue weighted by Crippen LogP contribution is -2.48. The lowest BCUT2D eigenvalue weighted by molar-refractivity contribution is -0.139. The van der Waals surface area contributed by atoms with Crippen LogP contribution in [-0.4, -0.2) is 24.8 Å². The number of esters is 1. The molecule has 0 aliphatic carbocycles. The molecule has 1 aliphatic heterocycles. The lowest BCUT2D eigenvalue weighted by atomic mass is 9.94. The SMILES string of the molecule is CCOC(=O)C1=C(C)N(c2ccc(OC)cc2)C(=S)N[C@@H]1c1ccc(F)cc1F. The molecule has 0 unspecified atom stereocenters. The van der Waals surface area contributed by atoms with Gasteiger partial charge in [-0.15, -0.1) is 0 Å². The number of ether oxygens (including phenoxy) is 2. The van der Waals surface area contributed by atoms with Gasteiger partial charge in [0.1, 0.15) is 17.4 Å². The average molecular weight is 418 g/mol. The number of halogens is 2. The second kappa shape index (κ2) is 8.57. The number of benzene rings is 2. The summed E-state index contributed by atoms with van der Waals surface area (Å²) in [6.45, 7) is 3.54. The summed E-state index contributed by atoms with van der Waals surface area (Å²) in [4.78, 5) is 14.4. The largest absolute Gasteiger partial charge is 0.497 e. The lowest BCUT2D eigenvalue weighted by Gasteiger charge is -2.37.